The molecule has 1 aromatic carbocycles. The van der Waals surface area contributed by atoms with Crippen LogP contribution in [0.1, 0.15) is 19.3 Å². The number of aliphatic hydroxyl groups is 1. The van der Waals surface area contributed by atoms with Crippen molar-refractivity contribution in [2.75, 3.05) is 43.4 Å². The van der Waals surface area contributed by atoms with Crippen molar-refractivity contribution >= 4 is 11.8 Å². The number of benzene rings is 1. The van der Waals surface area contributed by atoms with Gasteiger partial charge in [0.25, 0.3) is 0 Å². The minimum absolute atomic E-state index is 0.0530. The number of piperidine rings is 1. The molecule has 1 aromatic heterocycles. The monoisotopic (exact) mass is 341 g/mol. The van der Waals surface area contributed by atoms with Crippen molar-refractivity contribution in [1.29, 1.82) is 0 Å². The quantitative estimate of drug-likeness (QED) is 0.590. The van der Waals surface area contributed by atoms with E-state index in [1.165, 1.54) is 12.8 Å². The largest absolute Gasteiger partial charge is 0.395 e. The molecule has 0 saturated carbocycles. The van der Waals surface area contributed by atoms with Crippen LogP contribution in [0.25, 0.3) is 11.3 Å². The Morgan fingerprint density at radius 3 is 2.60 bits per heavy atom. The van der Waals surface area contributed by atoms with Gasteiger partial charge < -0.3 is 21.1 Å². The van der Waals surface area contributed by atoms with E-state index in [1.807, 2.05) is 36.4 Å². The van der Waals surface area contributed by atoms with Crippen LogP contribution in [0.2, 0.25) is 0 Å². The molecule has 1 aliphatic rings. The van der Waals surface area contributed by atoms with Gasteiger partial charge in [-0.05, 0) is 38.3 Å². The van der Waals surface area contributed by atoms with Gasteiger partial charge in [-0.25, -0.2) is 4.98 Å². The molecule has 25 heavy (non-hydrogen) atoms. The fourth-order valence-electron chi connectivity index (χ4n) is 3.12. The van der Waals surface area contributed by atoms with Gasteiger partial charge >= 0.3 is 0 Å². The summed E-state index contributed by atoms with van der Waals surface area (Å²) in [5.74, 6) is 2.15. The fraction of sp³-hybridized carbons (Fsp3) is 0.474. The molecule has 2 aromatic rings. The Hall–Kier alpha value is -2.18. The number of rotatable bonds is 8. The molecule has 1 saturated heterocycles. The van der Waals surface area contributed by atoms with Crippen LogP contribution in [0.3, 0.4) is 0 Å². The smallest absolute Gasteiger partial charge is 0.225 e. The van der Waals surface area contributed by atoms with Crippen molar-refractivity contribution in [1.82, 2.24) is 15.3 Å². The van der Waals surface area contributed by atoms with E-state index in [9.17, 15) is 0 Å². The lowest BCUT2D eigenvalue weighted by molar-refractivity contribution is 0.311. The summed E-state index contributed by atoms with van der Waals surface area (Å²) in [6.45, 7) is 3.66. The SMILES string of the molecule is OCCNc1nc(NCCC2CCNCC2)cc(-c2ccccc2)n1. The first kappa shape index (κ1) is 17.6. The molecule has 6 heteroatoms. The van der Waals surface area contributed by atoms with Crippen LogP contribution in [-0.2, 0) is 0 Å². The molecule has 1 fully saturated rings. The number of anilines is 2. The first-order chi connectivity index (χ1) is 12.3. The highest BCUT2D eigenvalue weighted by molar-refractivity contribution is 5.64. The first-order valence-corrected chi connectivity index (χ1v) is 9.09. The summed E-state index contributed by atoms with van der Waals surface area (Å²) < 4.78 is 0. The zero-order chi connectivity index (χ0) is 17.3. The lowest BCUT2D eigenvalue weighted by Gasteiger charge is -2.22. The zero-order valence-corrected chi connectivity index (χ0v) is 14.5. The Kier molecular flexibility index (Phi) is 6.59. The van der Waals surface area contributed by atoms with Gasteiger partial charge in [-0.15, -0.1) is 0 Å². The van der Waals surface area contributed by atoms with Crippen LogP contribution in [0.4, 0.5) is 11.8 Å². The first-order valence-electron chi connectivity index (χ1n) is 9.09. The molecule has 0 bridgehead atoms. The van der Waals surface area contributed by atoms with Crippen LogP contribution in [0.5, 0.6) is 0 Å². The number of hydrogen-bond donors (Lipinski definition) is 4. The molecule has 0 amide bonds. The highest BCUT2D eigenvalue weighted by Crippen LogP contribution is 2.22. The summed E-state index contributed by atoms with van der Waals surface area (Å²) in [4.78, 5) is 9.08. The second-order valence-corrected chi connectivity index (χ2v) is 6.39. The highest BCUT2D eigenvalue weighted by Gasteiger charge is 2.13. The third-order valence-corrected chi connectivity index (χ3v) is 4.51. The van der Waals surface area contributed by atoms with E-state index >= 15 is 0 Å². The molecular formula is C19H27N5O. The maximum absolute atomic E-state index is 9.03. The third kappa shape index (κ3) is 5.41. The van der Waals surface area contributed by atoms with Gasteiger partial charge in [-0.1, -0.05) is 30.3 Å². The molecule has 1 aliphatic heterocycles. The van der Waals surface area contributed by atoms with Crippen molar-refractivity contribution in [3.63, 3.8) is 0 Å². The lowest BCUT2D eigenvalue weighted by Crippen LogP contribution is -2.28. The molecule has 3 rings (SSSR count). The molecule has 0 atom stereocenters. The minimum atomic E-state index is 0.0530. The Balaban J connectivity index is 1.68. The number of nitrogens with one attached hydrogen (secondary N) is 3. The number of aromatic nitrogens is 2. The van der Waals surface area contributed by atoms with Crippen molar-refractivity contribution in [3.05, 3.63) is 36.4 Å². The van der Waals surface area contributed by atoms with Crippen molar-refractivity contribution in [2.24, 2.45) is 5.92 Å². The summed E-state index contributed by atoms with van der Waals surface area (Å²) >= 11 is 0. The van der Waals surface area contributed by atoms with Crippen LogP contribution in [0.15, 0.2) is 36.4 Å². The van der Waals surface area contributed by atoms with Crippen LogP contribution in [-0.4, -0.2) is 47.9 Å². The van der Waals surface area contributed by atoms with Gasteiger partial charge in [0.15, 0.2) is 0 Å². The molecule has 134 valence electrons. The number of aliphatic hydroxyl groups excluding tert-OH is 1. The Bertz CT molecular complexity index is 644. The summed E-state index contributed by atoms with van der Waals surface area (Å²) in [5.41, 5.74) is 1.93. The molecule has 6 nitrogen and oxygen atoms in total. The maximum Gasteiger partial charge on any atom is 0.225 e. The molecule has 0 spiro atoms. The number of nitrogens with zero attached hydrogens (tertiary/aromatic N) is 2. The molecule has 2 heterocycles. The van der Waals surface area contributed by atoms with Gasteiger partial charge in [0.1, 0.15) is 5.82 Å². The molecule has 0 radical (unpaired) electrons. The third-order valence-electron chi connectivity index (χ3n) is 4.51. The standard InChI is InChI=1S/C19H27N5O/c25-13-12-22-19-23-17(16-4-2-1-3-5-16)14-18(24-19)21-11-8-15-6-9-20-10-7-15/h1-5,14-15,20,25H,6-13H2,(H2,21,22,23,24). The average Bonchev–Trinajstić information content (AvgIpc) is 2.68. The number of hydrogen-bond acceptors (Lipinski definition) is 6. The van der Waals surface area contributed by atoms with Crippen LogP contribution >= 0.6 is 0 Å². The van der Waals surface area contributed by atoms with E-state index in [0.717, 1.165) is 49.0 Å². The van der Waals surface area contributed by atoms with E-state index in [0.29, 0.717) is 12.5 Å². The van der Waals surface area contributed by atoms with Crippen LogP contribution < -0.4 is 16.0 Å². The second-order valence-electron chi connectivity index (χ2n) is 6.39. The summed E-state index contributed by atoms with van der Waals surface area (Å²) in [6, 6.07) is 12.1. The molecule has 4 N–H and O–H groups in total. The van der Waals surface area contributed by atoms with Gasteiger partial charge in [-0.3, -0.25) is 0 Å². The van der Waals surface area contributed by atoms with Gasteiger partial charge in [0.05, 0.1) is 12.3 Å². The van der Waals surface area contributed by atoms with Crippen molar-refractivity contribution < 1.29 is 5.11 Å². The Labute approximate surface area is 149 Å². The lowest BCUT2D eigenvalue weighted by atomic mass is 9.95. The molecule has 0 aliphatic carbocycles. The molecular weight excluding hydrogens is 314 g/mol. The second kappa shape index (κ2) is 9.34. The van der Waals surface area contributed by atoms with E-state index in [4.69, 9.17) is 5.11 Å². The summed E-state index contributed by atoms with van der Waals surface area (Å²) in [5, 5.41) is 18.9. The van der Waals surface area contributed by atoms with Gasteiger partial charge in [-0.2, -0.15) is 4.98 Å². The Morgan fingerprint density at radius 1 is 1.04 bits per heavy atom. The van der Waals surface area contributed by atoms with Gasteiger partial charge in [0.2, 0.25) is 5.95 Å². The summed E-state index contributed by atoms with van der Waals surface area (Å²) in [6.07, 6.45) is 3.67. The Morgan fingerprint density at radius 2 is 1.84 bits per heavy atom. The van der Waals surface area contributed by atoms with Gasteiger partial charge in [0, 0.05) is 24.7 Å². The summed E-state index contributed by atoms with van der Waals surface area (Å²) in [7, 11) is 0. The van der Waals surface area contributed by atoms with E-state index < -0.39 is 0 Å². The minimum Gasteiger partial charge on any atom is -0.395 e. The topological polar surface area (TPSA) is 82.1 Å². The molecule has 0 unspecified atom stereocenters. The predicted octanol–water partition coefficient (Wildman–Crippen LogP) is 2.35. The van der Waals surface area contributed by atoms with Crippen LogP contribution in [0, 0.1) is 5.92 Å². The van der Waals surface area contributed by atoms with E-state index in [1.54, 1.807) is 0 Å². The zero-order valence-electron chi connectivity index (χ0n) is 14.5. The van der Waals surface area contributed by atoms with Crippen molar-refractivity contribution in [3.8, 4) is 11.3 Å². The maximum atomic E-state index is 9.03. The predicted molar refractivity (Wildman–Crippen MR) is 102 cm³/mol. The normalized spacial score (nSPS) is 15.1. The fourth-order valence-corrected chi connectivity index (χ4v) is 3.12. The van der Waals surface area contributed by atoms with Crippen molar-refractivity contribution in [2.45, 2.75) is 19.3 Å². The average molecular weight is 341 g/mol. The van der Waals surface area contributed by atoms with E-state index in [-0.39, 0.29) is 6.61 Å². The highest BCUT2D eigenvalue weighted by atomic mass is 16.3. The van der Waals surface area contributed by atoms with E-state index in [2.05, 4.69) is 25.9 Å².